The lowest BCUT2D eigenvalue weighted by Gasteiger charge is -2.24. The van der Waals surface area contributed by atoms with Crippen LogP contribution >= 0.6 is 0 Å². The fourth-order valence-corrected chi connectivity index (χ4v) is 2.77. The van der Waals surface area contributed by atoms with E-state index >= 15 is 0 Å². The van der Waals surface area contributed by atoms with Gasteiger partial charge in [-0.05, 0) is 43.9 Å². The lowest BCUT2D eigenvalue weighted by molar-refractivity contribution is -0.0365. The Labute approximate surface area is 116 Å². The first-order valence-electron chi connectivity index (χ1n) is 6.74. The largest absolute Gasteiger partial charge is 0.510 e. The summed E-state index contributed by atoms with van der Waals surface area (Å²) < 4.78 is 20.9. The molecule has 5 nitrogen and oxygen atoms in total. The molecule has 0 saturated carbocycles. The number of nitrogens with zero attached hydrogens (tertiary/aromatic N) is 2. The van der Waals surface area contributed by atoms with Crippen molar-refractivity contribution in [3.63, 3.8) is 0 Å². The Balaban J connectivity index is 2.21. The number of halogens is 1. The van der Waals surface area contributed by atoms with Gasteiger partial charge in [0, 0.05) is 12.0 Å². The van der Waals surface area contributed by atoms with Crippen molar-refractivity contribution in [3.05, 3.63) is 23.5 Å². The molecular formula is C13H16BFN2O3. The monoisotopic (exact) mass is 278 g/mol. The Morgan fingerprint density at radius 2 is 2.20 bits per heavy atom. The molecule has 0 radical (unpaired) electrons. The predicted octanol–water partition coefficient (Wildman–Crippen LogP) is 0.863. The van der Waals surface area contributed by atoms with Crippen molar-refractivity contribution < 1.29 is 19.2 Å². The van der Waals surface area contributed by atoms with Crippen molar-refractivity contribution in [1.82, 2.24) is 9.78 Å². The SMILES string of the molecule is Cc1cc(F)cc2c(B(O)O)nn(C3CCCCO3)c12. The second-order valence-corrected chi connectivity index (χ2v) is 5.14. The molecule has 1 aromatic heterocycles. The van der Waals surface area contributed by atoms with Gasteiger partial charge in [-0.15, -0.1) is 0 Å². The maximum atomic E-state index is 13.6. The molecule has 1 aliphatic heterocycles. The molecule has 20 heavy (non-hydrogen) atoms. The number of benzene rings is 1. The molecule has 1 atom stereocenters. The predicted molar refractivity (Wildman–Crippen MR) is 73.1 cm³/mol. The highest BCUT2D eigenvalue weighted by Gasteiger charge is 2.27. The van der Waals surface area contributed by atoms with Crippen molar-refractivity contribution >= 4 is 23.6 Å². The third-order valence-corrected chi connectivity index (χ3v) is 3.66. The zero-order chi connectivity index (χ0) is 14.3. The first-order valence-corrected chi connectivity index (χ1v) is 6.74. The second-order valence-electron chi connectivity index (χ2n) is 5.14. The topological polar surface area (TPSA) is 67.5 Å². The normalized spacial score (nSPS) is 19.5. The maximum absolute atomic E-state index is 13.6. The Morgan fingerprint density at radius 3 is 2.85 bits per heavy atom. The summed E-state index contributed by atoms with van der Waals surface area (Å²) in [5, 5.41) is 23.5. The van der Waals surface area contributed by atoms with Crippen LogP contribution in [0.3, 0.4) is 0 Å². The third kappa shape index (κ3) is 2.22. The number of fused-ring (bicyclic) bond motifs is 1. The van der Waals surface area contributed by atoms with Crippen molar-refractivity contribution in [2.75, 3.05) is 6.61 Å². The fourth-order valence-electron chi connectivity index (χ4n) is 2.77. The van der Waals surface area contributed by atoms with Crippen molar-refractivity contribution in [2.24, 2.45) is 0 Å². The van der Waals surface area contributed by atoms with Crippen LogP contribution in [0.2, 0.25) is 0 Å². The van der Waals surface area contributed by atoms with E-state index in [9.17, 15) is 14.4 Å². The summed E-state index contributed by atoms with van der Waals surface area (Å²) in [5.41, 5.74) is 1.46. The van der Waals surface area contributed by atoms with Crippen molar-refractivity contribution in [2.45, 2.75) is 32.4 Å². The first-order chi connectivity index (χ1) is 9.58. The van der Waals surface area contributed by atoms with E-state index in [1.165, 1.54) is 12.1 Å². The molecule has 0 amide bonds. The minimum Gasteiger partial charge on any atom is -0.422 e. The summed E-state index contributed by atoms with van der Waals surface area (Å²) in [5.74, 6) is -0.416. The van der Waals surface area contributed by atoms with Gasteiger partial charge >= 0.3 is 7.12 Å². The molecule has 2 heterocycles. The van der Waals surface area contributed by atoms with E-state index in [0.29, 0.717) is 23.1 Å². The molecule has 1 saturated heterocycles. The quantitative estimate of drug-likeness (QED) is 0.800. The van der Waals surface area contributed by atoms with Crippen LogP contribution < -0.4 is 5.59 Å². The third-order valence-electron chi connectivity index (χ3n) is 3.66. The Kier molecular flexibility index (Phi) is 3.49. The van der Waals surface area contributed by atoms with Crippen LogP contribution in [-0.2, 0) is 4.74 Å². The number of aryl methyl sites for hydroxylation is 1. The molecule has 1 unspecified atom stereocenters. The fraction of sp³-hybridized carbons (Fsp3) is 0.462. The summed E-state index contributed by atoms with van der Waals surface area (Å²) in [7, 11) is -1.73. The molecule has 3 rings (SSSR count). The lowest BCUT2D eigenvalue weighted by Crippen LogP contribution is -2.33. The lowest BCUT2D eigenvalue weighted by atomic mass is 9.83. The molecule has 0 bridgehead atoms. The molecule has 0 aliphatic carbocycles. The minimum atomic E-state index is -1.73. The van der Waals surface area contributed by atoms with Gasteiger partial charge in [0.15, 0.2) is 6.23 Å². The van der Waals surface area contributed by atoms with E-state index in [-0.39, 0.29) is 11.8 Å². The van der Waals surface area contributed by atoms with Crippen LogP contribution in [0.25, 0.3) is 10.9 Å². The van der Waals surface area contributed by atoms with E-state index in [2.05, 4.69) is 5.10 Å². The second kappa shape index (κ2) is 5.16. The van der Waals surface area contributed by atoms with Gasteiger partial charge in [-0.1, -0.05) is 0 Å². The van der Waals surface area contributed by atoms with E-state index in [4.69, 9.17) is 4.74 Å². The van der Waals surface area contributed by atoms with Gasteiger partial charge in [-0.2, -0.15) is 5.10 Å². The maximum Gasteiger partial charge on any atom is 0.510 e. The molecule has 1 aliphatic rings. The van der Waals surface area contributed by atoms with Crippen LogP contribution in [0, 0.1) is 12.7 Å². The van der Waals surface area contributed by atoms with Gasteiger partial charge in [0.2, 0.25) is 0 Å². The summed E-state index contributed by atoms with van der Waals surface area (Å²) in [6.45, 7) is 2.43. The first kappa shape index (κ1) is 13.5. The zero-order valence-corrected chi connectivity index (χ0v) is 11.2. The summed E-state index contributed by atoms with van der Waals surface area (Å²) >= 11 is 0. The highest BCUT2D eigenvalue weighted by Crippen LogP contribution is 2.27. The Hall–Kier alpha value is -1.44. The summed E-state index contributed by atoms with van der Waals surface area (Å²) in [6, 6.07) is 2.69. The molecular weight excluding hydrogens is 262 g/mol. The van der Waals surface area contributed by atoms with E-state index in [1.54, 1.807) is 11.6 Å². The van der Waals surface area contributed by atoms with Gasteiger partial charge in [0.25, 0.3) is 0 Å². The zero-order valence-electron chi connectivity index (χ0n) is 11.2. The molecule has 0 spiro atoms. The highest BCUT2D eigenvalue weighted by molar-refractivity contribution is 6.60. The van der Waals surface area contributed by atoms with E-state index in [1.807, 2.05) is 0 Å². The van der Waals surface area contributed by atoms with E-state index < -0.39 is 12.9 Å². The smallest absolute Gasteiger partial charge is 0.422 e. The van der Waals surface area contributed by atoms with Gasteiger partial charge in [-0.3, -0.25) is 0 Å². The molecule has 1 aromatic carbocycles. The minimum absolute atomic E-state index is 0.0665. The van der Waals surface area contributed by atoms with Gasteiger partial charge in [0.05, 0.1) is 5.52 Å². The molecule has 2 aromatic rings. The van der Waals surface area contributed by atoms with Gasteiger partial charge < -0.3 is 14.8 Å². The number of hydrogen-bond donors (Lipinski definition) is 2. The number of ether oxygens (including phenoxy) is 1. The van der Waals surface area contributed by atoms with Crippen molar-refractivity contribution in [3.8, 4) is 0 Å². The standard InChI is InChI=1S/C13H16BFN2O3/c1-8-6-9(15)7-10-12(8)17(16-13(10)14(18)19)11-4-2-3-5-20-11/h6-7,11,18-19H,2-5H2,1H3. The molecule has 1 fully saturated rings. The molecule has 2 N–H and O–H groups in total. The van der Waals surface area contributed by atoms with Crippen LogP contribution in [0.5, 0.6) is 0 Å². The summed E-state index contributed by atoms with van der Waals surface area (Å²) in [6.07, 6.45) is 2.62. The van der Waals surface area contributed by atoms with Gasteiger partial charge in [-0.25, -0.2) is 9.07 Å². The van der Waals surface area contributed by atoms with Crippen LogP contribution in [0.4, 0.5) is 4.39 Å². The number of rotatable bonds is 2. The van der Waals surface area contributed by atoms with Gasteiger partial charge in [0.1, 0.15) is 11.4 Å². The van der Waals surface area contributed by atoms with Crippen molar-refractivity contribution in [1.29, 1.82) is 0 Å². The Morgan fingerprint density at radius 1 is 1.40 bits per heavy atom. The number of aromatic nitrogens is 2. The summed E-state index contributed by atoms with van der Waals surface area (Å²) in [4.78, 5) is 0. The average molecular weight is 278 g/mol. The van der Waals surface area contributed by atoms with Crippen LogP contribution in [0.1, 0.15) is 31.1 Å². The molecule has 106 valence electrons. The number of hydrogen-bond acceptors (Lipinski definition) is 4. The van der Waals surface area contributed by atoms with Crippen LogP contribution in [0.15, 0.2) is 12.1 Å². The molecule has 7 heteroatoms. The van der Waals surface area contributed by atoms with E-state index in [0.717, 1.165) is 19.3 Å². The van der Waals surface area contributed by atoms with Crippen LogP contribution in [-0.4, -0.2) is 33.6 Å². The Bertz CT molecular complexity index is 638. The average Bonchev–Trinajstić information content (AvgIpc) is 2.79. The highest BCUT2D eigenvalue weighted by atomic mass is 19.1.